The van der Waals surface area contributed by atoms with Crippen molar-refractivity contribution in [2.24, 2.45) is 0 Å². The van der Waals surface area contributed by atoms with E-state index in [1.54, 1.807) is 0 Å². The quantitative estimate of drug-likeness (QED) is 0.0206. The number of carbonyl (C=O) groups excluding carboxylic acids is 1. The van der Waals surface area contributed by atoms with Crippen molar-refractivity contribution in [2.45, 2.75) is 293 Å². The summed E-state index contributed by atoms with van der Waals surface area (Å²) < 4.78 is 22.6. The smallest absolute Gasteiger partial charge is 0.393 e. The minimum absolute atomic E-state index is 0.219. The number of rotatable bonds is 43. The molecular formula is C48H96NO12P. The molecule has 0 spiro atoms. The van der Waals surface area contributed by atoms with Crippen LogP contribution in [0.3, 0.4) is 0 Å². The van der Waals surface area contributed by atoms with Crippen LogP contribution < -0.4 is 5.32 Å². The molecule has 0 aromatic heterocycles. The molecule has 14 heteroatoms. The normalized spacial score (nSPS) is 22.9. The topological polar surface area (TPSA) is 226 Å². The third-order valence-electron chi connectivity index (χ3n) is 12.7. The van der Waals surface area contributed by atoms with E-state index in [9.17, 15) is 50.0 Å². The molecule has 1 fully saturated rings. The van der Waals surface area contributed by atoms with Crippen LogP contribution in [0.2, 0.25) is 0 Å². The van der Waals surface area contributed by atoms with Crippen LogP contribution in [0.15, 0.2) is 0 Å². The molecule has 8 unspecified atom stereocenters. The number of carbonyl (C=O) groups is 1. The largest absolute Gasteiger partial charge is 0.472 e. The molecule has 0 saturated heterocycles. The Kier molecular flexibility index (Phi) is 36.7. The molecular weight excluding hydrogens is 813 g/mol. The molecule has 0 aliphatic heterocycles. The first-order chi connectivity index (χ1) is 29.8. The maximum absolute atomic E-state index is 12.8. The highest BCUT2D eigenvalue weighted by Crippen LogP contribution is 2.47. The van der Waals surface area contributed by atoms with Crippen LogP contribution in [0.25, 0.3) is 0 Å². The average Bonchev–Trinajstić information content (AvgIpc) is 3.24. The van der Waals surface area contributed by atoms with Gasteiger partial charge in [-0.25, -0.2) is 4.57 Å². The van der Waals surface area contributed by atoms with Crippen molar-refractivity contribution >= 4 is 13.7 Å². The van der Waals surface area contributed by atoms with Gasteiger partial charge in [-0.05, 0) is 12.8 Å². The van der Waals surface area contributed by atoms with Crippen molar-refractivity contribution < 1.29 is 59.0 Å². The summed E-state index contributed by atoms with van der Waals surface area (Å²) in [5.74, 6) is -0.567. The second kappa shape index (κ2) is 38.4. The second-order valence-electron chi connectivity index (χ2n) is 18.6. The highest BCUT2D eigenvalue weighted by atomic mass is 31.2. The van der Waals surface area contributed by atoms with Gasteiger partial charge in [0, 0.05) is 0 Å². The van der Waals surface area contributed by atoms with Crippen LogP contribution in [0.4, 0.5) is 0 Å². The summed E-state index contributed by atoms with van der Waals surface area (Å²) >= 11 is 0. The maximum atomic E-state index is 12.8. The van der Waals surface area contributed by atoms with E-state index in [1.807, 2.05) is 6.92 Å². The van der Waals surface area contributed by atoms with Crippen LogP contribution in [0, 0.1) is 0 Å². The molecule has 0 bridgehead atoms. The molecule has 0 radical (unpaired) electrons. The highest BCUT2D eigenvalue weighted by Gasteiger charge is 2.51. The fourth-order valence-corrected chi connectivity index (χ4v) is 9.51. The van der Waals surface area contributed by atoms with Gasteiger partial charge in [-0.3, -0.25) is 13.8 Å². The predicted molar refractivity (Wildman–Crippen MR) is 248 cm³/mol. The monoisotopic (exact) mass is 910 g/mol. The Hall–Kier alpha value is -0.700. The van der Waals surface area contributed by atoms with E-state index in [0.29, 0.717) is 12.8 Å². The number of aliphatic hydroxyl groups excluding tert-OH is 7. The third kappa shape index (κ3) is 29.8. The summed E-state index contributed by atoms with van der Waals surface area (Å²) in [5, 5.41) is 73.8. The number of hydrogen-bond acceptors (Lipinski definition) is 11. The molecule has 62 heavy (non-hydrogen) atoms. The molecule has 1 rings (SSSR count). The van der Waals surface area contributed by atoms with E-state index in [4.69, 9.17) is 9.05 Å². The standard InChI is InChI=1S/C48H96NO12P/c1-3-5-7-8-9-10-11-12-13-14-15-16-17-18-19-20-21-22-23-24-25-26-27-28-29-30-31-32-34-35-39(50)37-42(52)49-40(41(51)36-33-6-4-2)38-60-62(58,59)61-48-46(56)44(54)43(53)45(55)47(48)57/h39-41,43-48,50-51,53-57H,3-38H2,1-2H3,(H,49,52)(H,58,59). The molecule has 9 N–H and O–H groups in total. The van der Waals surface area contributed by atoms with Gasteiger partial charge in [0.05, 0.1) is 31.3 Å². The summed E-state index contributed by atoms with van der Waals surface area (Å²) in [7, 11) is -5.09. The molecule has 13 nitrogen and oxygen atoms in total. The first-order valence-corrected chi connectivity index (χ1v) is 27.1. The van der Waals surface area contributed by atoms with E-state index in [0.717, 1.165) is 38.5 Å². The van der Waals surface area contributed by atoms with Crippen molar-refractivity contribution in [3.05, 3.63) is 0 Å². The second-order valence-corrected chi connectivity index (χ2v) is 20.0. The highest BCUT2D eigenvalue weighted by molar-refractivity contribution is 7.47. The molecule has 1 aliphatic carbocycles. The fourth-order valence-electron chi connectivity index (χ4n) is 8.54. The summed E-state index contributed by atoms with van der Waals surface area (Å²) in [4.78, 5) is 23.2. The van der Waals surface area contributed by atoms with Gasteiger partial charge in [-0.2, -0.15) is 0 Å². The van der Waals surface area contributed by atoms with E-state index < -0.39 is 75.2 Å². The summed E-state index contributed by atoms with van der Waals surface area (Å²) in [6.07, 6.45) is 27.6. The SMILES string of the molecule is CCCCCCCCCCCCCCCCCCCCCCCCCCCCCCCC(O)CC(=O)NC(COP(=O)(O)OC1C(O)C(O)C(O)C(O)C1O)C(O)CCCCC. The predicted octanol–water partition coefficient (Wildman–Crippen LogP) is 9.21. The zero-order chi connectivity index (χ0) is 45.9. The number of hydrogen-bond donors (Lipinski definition) is 9. The van der Waals surface area contributed by atoms with Gasteiger partial charge < -0.3 is 46.0 Å². The number of amides is 1. The van der Waals surface area contributed by atoms with Crippen LogP contribution in [0.5, 0.6) is 0 Å². The molecule has 8 atom stereocenters. The lowest BCUT2D eigenvalue weighted by molar-refractivity contribution is -0.220. The zero-order valence-electron chi connectivity index (χ0n) is 39.3. The number of aliphatic hydroxyl groups is 7. The van der Waals surface area contributed by atoms with Gasteiger partial charge in [0.15, 0.2) is 0 Å². The lowest BCUT2D eigenvalue weighted by Gasteiger charge is -2.41. The molecule has 1 amide bonds. The van der Waals surface area contributed by atoms with Gasteiger partial charge in [0.1, 0.15) is 36.6 Å². The van der Waals surface area contributed by atoms with Crippen molar-refractivity contribution in [2.75, 3.05) is 6.61 Å². The van der Waals surface area contributed by atoms with E-state index >= 15 is 0 Å². The number of phosphoric ester groups is 1. The molecule has 0 aromatic carbocycles. The van der Waals surface area contributed by atoms with Gasteiger partial charge in [-0.15, -0.1) is 0 Å². The molecule has 0 heterocycles. The zero-order valence-corrected chi connectivity index (χ0v) is 40.2. The Morgan fingerprint density at radius 3 is 1.18 bits per heavy atom. The van der Waals surface area contributed by atoms with Gasteiger partial charge in [0.2, 0.25) is 5.91 Å². The summed E-state index contributed by atoms with van der Waals surface area (Å²) in [6.45, 7) is 3.59. The molecule has 1 saturated carbocycles. The minimum atomic E-state index is -5.09. The van der Waals surface area contributed by atoms with Gasteiger partial charge >= 0.3 is 7.82 Å². The van der Waals surface area contributed by atoms with Crippen molar-refractivity contribution in [1.29, 1.82) is 0 Å². The maximum Gasteiger partial charge on any atom is 0.472 e. The number of phosphoric acid groups is 1. The minimum Gasteiger partial charge on any atom is -0.393 e. The number of unbranched alkanes of at least 4 members (excludes halogenated alkanes) is 30. The van der Waals surface area contributed by atoms with E-state index in [-0.39, 0.29) is 12.8 Å². The van der Waals surface area contributed by atoms with E-state index in [1.165, 1.54) is 161 Å². The van der Waals surface area contributed by atoms with Crippen LogP contribution in [0.1, 0.15) is 239 Å². The van der Waals surface area contributed by atoms with Crippen molar-refractivity contribution in [3.8, 4) is 0 Å². The molecule has 370 valence electrons. The molecule has 0 aromatic rings. The van der Waals surface area contributed by atoms with Crippen molar-refractivity contribution in [1.82, 2.24) is 5.32 Å². The first kappa shape index (κ1) is 59.3. The first-order valence-electron chi connectivity index (χ1n) is 25.6. The fraction of sp³-hybridized carbons (Fsp3) is 0.979. The van der Waals surface area contributed by atoms with Crippen LogP contribution >= 0.6 is 7.82 Å². The third-order valence-corrected chi connectivity index (χ3v) is 13.7. The average molecular weight is 910 g/mol. The Morgan fingerprint density at radius 2 is 0.806 bits per heavy atom. The number of nitrogens with one attached hydrogen (secondary N) is 1. The Labute approximate surface area is 377 Å². The molecule has 1 aliphatic rings. The van der Waals surface area contributed by atoms with Gasteiger partial charge in [0.25, 0.3) is 0 Å². The summed E-state index contributed by atoms with van der Waals surface area (Å²) in [6, 6.07) is -1.15. The van der Waals surface area contributed by atoms with Gasteiger partial charge in [-0.1, -0.05) is 219 Å². The Bertz CT molecular complexity index is 1070. The van der Waals surface area contributed by atoms with Crippen LogP contribution in [-0.4, -0.2) is 108 Å². The summed E-state index contributed by atoms with van der Waals surface area (Å²) in [5.41, 5.74) is 0. The van der Waals surface area contributed by atoms with E-state index in [2.05, 4.69) is 12.2 Å². The Morgan fingerprint density at radius 1 is 0.500 bits per heavy atom. The van der Waals surface area contributed by atoms with Crippen molar-refractivity contribution in [3.63, 3.8) is 0 Å². The Balaban J connectivity index is 2.09. The lowest BCUT2D eigenvalue weighted by Crippen LogP contribution is -2.64. The van der Waals surface area contributed by atoms with Crippen LogP contribution in [-0.2, 0) is 18.4 Å². The lowest BCUT2D eigenvalue weighted by atomic mass is 9.85.